The zero-order chi connectivity index (χ0) is 21.0. The fourth-order valence-corrected chi connectivity index (χ4v) is 3.93. The van der Waals surface area contributed by atoms with Gasteiger partial charge in [0, 0.05) is 45.8 Å². The van der Waals surface area contributed by atoms with Crippen LogP contribution in [0.2, 0.25) is 0 Å². The van der Waals surface area contributed by atoms with E-state index in [9.17, 15) is 9.59 Å². The van der Waals surface area contributed by atoms with Gasteiger partial charge in [-0.25, -0.2) is 4.68 Å². The third-order valence-electron chi connectivity index (χ3n) is 5.85. The molecule has 1 aromatic rings. The van der Waals surface area contributed by atoms with E-state index in [-0.39, 0.29) is 11.5 Å². The molecule has 0 spiro atoms. The zero-order valence-corrected chi connectivity index (χ0v) is 18.3. The second kappa shape index (κ2) is 9.85. The number of nitrogens with one attached hydrogen (secondary N) is 1. The number of ether oxygens (including phenoxy) is 1. The molecule has 7 nitrogen and oxygen atoms in total. The molecule has 7 heteroatoms. The minimum absolute atomic E-state index is 0.106. The molecule has 2 aliphatic rings. The van der Waals surface area contributed by atoms with Gasteiger partial charge >= 0.3 is 0 Å². The van der Waals surface area contributed by atoms with Crippen LogP contribution in [0, 0.1) is 5.92 Å². The summed E-state index contributed by atoms with van der Waals surface area (Å²) in [5.74, 6) is 0.645. The second-order valence-corrected chi connectivity index (χ2v) is 8.91. The number of aromatic nitrogens is 2. The van der Waals surface area contributed by atoms with Crippen LogP contribution in [0.1, 0.15) is 69.7 Å². The number of nitrogens with zero attached hydrogens (tertiary/aromatic N) is 3. The molecular weight excluding hydrogens is 368 g/mol. The fraction of sp³-hybridized carbons (Fsp3) is 0.773. The van der Waals surface area contributed by atoms with Crippen LogP contribution in [-0.2, 0) is 16.0 Å². The Morgan fingerprint density at radius 1 is 1.34 bits per heavy atom. The molecule has 1 aromatic heterocycles. The van der Waals surface area contributed by atoms with E-state index < -0.39 is 6.04 Å². The molecule has 1 aliphatic carbocycles. The van der Waals surface area contributed by atoms with Crippen LogP contribution in [0.5, 0.6) is 0 Å². The van der Waals surface area contributed by atoms with Crippen LogP contribution >= 0.6 is 0 Å². The summed E-state index contributed by atoms with van der Waals surface area (Å²) in [5.41, 5.74) is 1.91. The number of carbonyl (C=O) groups excluding carboxylic acids is 1. The van der Waals surface area contributed by atoms with Gasteiger partial charge in [0.25, 0.3) is 5.56 Å². The molecule has 29 heavy (non-hydrogen) atoms. The van der Waals surface area contributed by atoms with Crippen molar-refractivity contribution in [3.8, 4) is 0 Å². The van der Waals surface area contributed by atoms with Crippen LogP contribution in [0.15, 0.2) is 10.9 Å². The quantitative estimate of drug-likeness (QED) is 0.611. The molecule has 1 aliphatic heterocycles. The molecular formula is C22H36N4O3. The van der Waals surface area contributed by atoms with Crippen LogP contribution in [0.3, 0.4) is 0 Å². The Kier molecular flexibility index (Phi) is 7.46. The summed E-state index contributed by atoms with van der Waals surface area (Å²) in [6.07, 6.45) is 4.85. The summed E-state index contributed by atoms with van der Waals surface area (Å²) >= 11 is 0. The van der Waals surface area contributed by atoms with E-state index in [0.29, 0.717) is 30.9 Å². The minimum Gasteiger partial charge on any atom is -0.379 e. The maximum atomic E-state index is 12.9. The van der Waals surface area contributed by atoms with Gasteiger partial charge in [-0.05, 0) is 43.1 Å². The van der Waals surface area contributed by atoms with Gasteiger partial charge < -0.3 is 10.1 Å². The molecule has 1 N–H and O–H groups in total. The first-order chi connectivity index (χ1) is 13.9. The molecule has 0 radical (unpaired) electrons. The Balaban J connectivity index is 1.82. The van der Waals surface area contributed by atoms with Gasteiger partial charge in [-0.3, -0.25) is 14.5 Å². The molecule has 1 unspecified atom stereocenters. The van der Waals surface area contributed by atoms with Gasteiger partial charge in [0.1, 0.15) is 6.04 Å². The van der Waals surface area contributed by atoms with Crippen molar-refractivity contribution in [3.05, 3.63) is 27.7 Å². The molecule has 0 aromatic carbocycles. The van der Waals surface area contributed by atoms with Gasteiger partial charge in [0.15, 0.2) is 0 Å². The van der Waals surface area contributed by atoms with Crippen molar-refractivity contribution in [1.82, 2.24) is 20.0 Å². The van der Waals surface area contributed by atoms with E-state index in [1.807, 2.05) is 6.92 Å². The predicted octanol–water partition coefficient (Wildman–Crippen LogP) is 2.11. The average Bonchev–Trinajstić information content (AvgIpc) is 3.49. The monoisotopic (exact) mass is 404 g/mol. The van der Waals surface area contributed by atoms with E-state index in [4.69, 9.17) is 9.84 Å². The lowest BCUT2D eigenvalue weighted by Crippen LogP contribution is -2.52. The number of likely N-dealkylation sites (tertiary alicyclic amines) is 1. The Morgan fingerprint density at radius 3 is 2.66 bits per heavy atom. The molecule has 1 saturated carbocycles. The molecule has 1 amide bonds. The summed E-state index contributed by atoms with van der Waals surface area (Å²) in [6, 6.07) is 1.19. The minimum atomic E-state index is -0.553. The number of hydrogen-bond acceptors (Lipinski definition) is 5. The first-order valence-electron chi connectivity index (χ1n) is 11.1. The summed E-state index contributed by atoms with van der Waals surface area (Å²) in [6.45, 7) is 9.58. The normalized spacial score (nSPS) is 18.7. The molecule has 2 fully saturated rings. The SMILES string of the molecule is CCCNC(=O)C(CC(C)C)n1nc(CCN2CC(OC)C2)c(C2CC2)cc1=O. The lowest BCUT2D eigenvalue weighted by Gasteiger charge is -2.38. The number of carbonyl (C=O) groups is 1. The largest absolute Gasteiger partial charge is 0.379 e. The number of rotatable bonds is 11. The van der Waals surface area contributed by atoms with Crippen LogP contribution in [0.25, 0.3) is 0 Å². The highest BCUT2D eigenvalue weighted by Crippen LogP contribution is 2.41. The highest BCUT2D eigenvalue weighted by Gasteiger charge is 2.31. The summed E-state index contributed by atoms with van der Waals surface area (Å²) in [4.78, 5) is 28.0. The summed E-state index contributed by atoms with van der Waals surface area (Å²) in [5, 5.41) is 7.72. The molecule has 0 bridgehead atoms. The van der Waals surface area contributed by atoms with Gasteiger partial charge in [-0.2, -0.15) is 5.10 Å². The summed E-state index contributed by atoms with van der Waals surface area (Å²) < 4.78 is 6.80. The molecule has 2 heterocycles. The molecule has 1 saturated heterocycles. The van der Waals surface area contributed by atoms with Gasteiger partial charge in [0.05, 0.1) is 11.8 Å². The zero-order valence-electron chi connectivity index (χ0n) is 18.3. The van der Waals surface area contributed by atoms with Crippen LogP contribution in [0.4, 0.5) is 0 Å². The Hall–Kier alpha value is -1.73. The smallest absolute Gasteiger partial charge is 0.267 e. The van der Waals surface area contributed by atoms with Crippen molar-refractivity contribution >= 4 is 5.91 Å². The Bertz CT molecular complexity index is 751. The lowest BCUT2D eigenvalue weighted by molar-refractivity contribution is -0.125. The van der Waals surface area contributed by atoms with E-state index >= 15 is 0 Å². The third kappa shape index (κ3) is 5.66. The summed E-state index contributed by atoms with van der Waals surface area (Å²) in [7, 11) is 1.75. The Labute approximate surface area is 173 Å². The van der Waals surface area contributed by atoms with Crippen molar-refractivity contribution in [3.63, 3.8) is 0 Å². The average molecular weight is 405 g/mol. The molecule has 1 atom stereocenters. The third-order valence-corrected chi connectivity index (χ3v) is 5.85. The van der Waals surface area contributed by atoms with Gasteiger partial charge in [-0.15, -0.1) is 0 Å². The Morgan fingerprint density at radius 2 is 2.07 bits per heavy atom. The predicted molar refractivity (Wildman–Crippen MR) is 113 cm³/mol. The van der Waals surface area contributed by atoms with Gasteiger partial charge in [-0.1, -0.05) is 20.8 Å². The van der Waals surface area contributed by atoms with Crippen molar-refractivity contribution in [1.29, 1.82) is 0 Å². The number of hydrogen-bond donors (Lipinski definition) is 1. The van der Waals surface area contributed by atoms with E-state index in [1.54, 1.807) is 13.2 Å². The highest BCUT2D eigenvalue weighted by atomic mass is 16.5. The molecule has 3 rings (SSSR count). The first-order valence-corrected chi connectivity index (χ1v) is 11.1. The number of methoxy groups -OCH3 is 1. The highest BCUT2D eigenvalue weighted by molar-refractivity contribution is 5.80. The van der Waals surface area contributed by atoms with E-state index in [1.165, 1.54) is 4.68 Å². The number of amides is 1. The van der Waals surface area contributed by atoms with E-state index in [2.05, 4.69) is 24.1 Å². The van der Waals surface area contributed by atoms with Crippen LogP contribution in [-0.4, -0.2) is 60.0 Å². The van der Waals surface area contributed by atoms with Crippen molar-refractivity contribution in [2.45, 2.75) is 70.9 Å². The lowest BCUT2D eigenvalue weighted by atomic mass is 10.0. The maximum Gasteiger partial charge on any atom is 0.267 e. The standard InChI is InChI=1S/C22H36N4O3/c1-5-9-23-22(28)20(11-15(2)3)26-21(27)12-18(16-6-7-16)19(24-26)8-10-25-13-17(14-25)29-4/h12,15-17,20H,5-11,13-14H2,1-4H3,(H,23,28). The van der Waals surface area contributed by atoms with E-state index in [0.717, 1.165) is 56.6 Å². The van der Waals surface area contributed by atoms with Crippen LogP contribution < -0.4 is 10.9 Å². The molecule has 162 valence electrons. The maximum absolute atomic E-state index is 12.9. The van der Waals surface area contributed by atoms with Gasteiger partial charge in [0.2, 0.25) is 5.91 Å². The first kappa shape index (κ1) is 22.0. The van der Waals surface area contributed by atoms with Crippen molar-refractivity contribution in [2.24, 2.45) is 5.92 Å². The van der Waals surface area contributed by atoms with Crippen molar-refractivity contribution < 1.29 is 9.53 Å². The fourth-order valence-electron chi connectivity index (χ4n) is 3.93. The second-order valence-electron chi connectivity index (χ2n) is 8.91. The topological polar surface area (TPSA) is 76.5 Å². The van der Waals surface area contributed by atoms with Crippen molar-refractivity contribution in [2.75, 3.05) is 33.3 Å².